The molecule has 7 nitrogen and oxygen atoms in total. The molecular formula is C14H15N5O2S. The van der Waals surface area contributed by atoms with E-state index < -0.39 is 0 Å². The van der Waals surface area contributed by atoms with Crippen molar-refractivity contribution in [1.82, 2.24) is 20.2 Å². The molecule has 3 rings (SSSR count). The van der Waals surface area contributed by atoms with Gasteiger partial charge in [0, 0.05) is 31.3 Å². The number of tetrazole rings is 1. The number of rotatable bonds is 4. The van der Waals surface area contributed by atoms with Crippen LogP contribution < -0.4 is 4.90 Å². The van der Waals surface area contributed by atoms with Crippen LogP contribution >= 0.6 is 11.8 Å². The maximum Gasteiger partial charge on any atom is 0.227 e. The fourth-order valence-corrected chi connectivity index (χ4v) is 3.15. The first-order valence-corrected chi connectivity index (χ1v) is 7.89. The molecule has 1 atom stereocenters. The van der Waals surface area contributed by atoms with Crippen LogP contribution in [0.15, 0.2) is 30.6 Å². The van der Waals surface area contributed by atoms with E-state index in [1.807, 2.05) is 24.3 Å². The molecule has 0 spiro atoms. The summed E-state index contributed by atoms with van der Waals surface area (Å²) in [6.45, 7) is 2.19. The third kappa shape index (κ3) is 3.16. The molecular weight excluding hydrogens is 302 g/mol. The predicted octanol–water partition coefficient (Wildman–Crippen LogP) is 1.29. The zero-order chi connectivity index (χ0) is 15.5. The fraction of sp³-hybridized carbons (Fsp3) is 0.357. The molecule has 1 aromatic heterocycles. The summed E-state index contributed by atoms with van der Waals surface area (Å²) in [4.78, 5) is 25.0. The topological polar surface area (TPSA) is 81.0 Å². The number of hydrogen-bond donors (Lipinski definition) is 0. The van der Waals surface area contributed by atoms with E-state index in [1.54, 1.807) is 16.5 Å². The Morgan fingerprint density at radius 2 is 2.23 bits per heavy atom. The Bertz CT molecular complexity index is 688. The lowest BCUT2D eigenvalue weighted by Crippen LogP contribution is -2.24. The van der Waals surface area contributed by atoms with E-state index in [-0.39, 0.29) is 16.9 Å². The molecule has 1 aromatic carbocycles. The van der Waals surface area contributed by atoms with Gasteiger partial charge in [0.2, 0.25) is 5.91 Å². The zero-order valence-electron chi connectivity index (χ0n) is 12.0. The number of carbonyl (C=O) groups is 2. The van der Waals surface area contributed by atoms with Gasteiger partial charge in [0.1, 0.15) is 6.33 Å². The molecule has 1 aliphatic rings. The molecule has 2 aromatic rings. The van der Waals surface area contributed by atoms with E-state index in [2.05, 4.69) is 15.5 Å². The highest BCUT2D eigenvalue weighted by atomic mass is 32.2. The van der Waals surface area contributed by atoms with Crippen LogP contribution in [0.1, 0.15) is 13.3 Å². The maximum atomic E-state index is 12.2. The average molecular weight is 317 g/mol. The minimum absolute atomic E-state index is 0.0861. The first-order chi connectivity index (χ1) is 10.6. The highest BCUT2D eigenvalue weighted by Gasteiger charge is 2.30. The van der Waals surface area contributed by atoms with E-state index in [0.717, 1.165) is 11.4 Å². The summed E-state index contributed by atoms with van der Waals surface area (Å²) in [5, 5.41) is 11.2. The highest BCUT2D eigenvalue weighted by molar-refractivity contribution is 8.13. The van der Waals surface area contributed by atoms with Crippen molar-refractivity contribution in [2.75, 3.05) is 17.2 Å². The van der Waals surface area contributed by atoms with Gasteiger partial charge in [-0.25, -0.2) is 4.68 Å². The monoisotopic (exact) mass is 317 g/mol. The Labute approximate surface area is 131 Å². The second-order valence-corrected chi connectivity index (χ2v) is 6.35. The second kappa shape index (κ2) is 6.27. The number of carbonyl (C=O) groups excluding carboxylic acids is 2. The Morgan fingerprint density at radius 1 is 1.41 bits per heavy atom. The van der Waals surface area contributed by atoms with E-state index in [4.69, 9.17) is 0 Å². The number of amides is 1. The molecule has 114 valence electrons. The third-order valence-electron chi connectivity index (χ3n) is 3.48. The molecule has 1 amide bonds. The van der Waals surface area contributed by atoms with Crippen molar-refractivity contribution >= 4 is 28.5 Å². The van der Waals surface area contributed by atoms with Crippen LogP contribution in [-0.4, -0.2) is 43.5 Å². The number of thioether (sulfide) groups is 1. The zero-order valence-corrected chi connectivity index (χ0v) is 12.9. The minimum atomic E-state index is 0.0861. The molecule has 1 fully saturated rings. The van der Waals surface area contributed by atoms with Crippen molar-refractivity contribution in [3.63, 3.8) is 0 Å². The van der Waals surface area contributed by atoms with Crippen molar-refractivity contribution in [2.24, 2.45) is 5.92 Å². The van der Waals surface area contributed by atoms with Gasteiger partial charge < -0.3 is 4.90 Å². The Balaban J connectivity index is 1.75. The van der Waals surface area contributed by atoms with Crippen molar-refractivity contribution in [1.29, 1.82) is 0 Å². The van der Waals surface area contributed by atoms with Crippen molar-refractivity contribution < 1.29 is 9.59 Å². The summed E-state index contributed by atoms with van der Waals surface area (Å²) < 4.78 is 1.55. The smallest absolute Gasteiger partial charge is 0.227 e. The molecule has 22 heavy (non-hydrogen) atoms. The van der Waals surface area contributed by atoms with Gasteiger partial charge in [-0.1, -0.05) is 17.8 Å². The van der Waals surface area contributed by atoms with Crippen molar-refractivity contribution in [3.8, 4) is 5.69 Å². The predicted molar refractivity (Wildman–Crippen MR) is 82.8 cm³/mol. The first kappa shape index (κ1) is 14.7. The quantitative estimate of drug-likeness (QED) is 0.845. The van der Waals surface area contributed by atoms with Crippen LogP contribution in [-0.2, 0) is 9.59 Å². The van der Waals surface area contributed by atoms with Gasteiger partial charge in [0.05, 0.1) is 5.69 Å². The van der Waals surface area contributed by atoms with E-state index >= 15 is 0 Å². The largest absolute Gasteiger partial charge is 0.312 e. The number of aromatic nitrogens is 4. The van der Waals surface area contributed by atoms with Gasteiger partial charge in [-0.05, 0) is 34.5 Å². The molecule has 0 saturated carbocycles. The summed E-state index contributed by atoms with van der Waals surface area (Å²) in [7, 11) is 0. The van der Waals surface area contributed by atoms with Gasteiger partial charge in [-0.2, -0.15) is 0 Å². The van der Waals surface area contributed by atoms with Gasteiger partial charge in [0.15, 0.2) is 5.12 Å². The molecule has 0 bridgehead atoms. The Kier molecular flexibility index (Phi) is 4.19. The summed E-state index contributed by atoms with van der Waals surface area (Å²) in [5.41, 5.74) is 1.63. The Hall–Kier alpha value is -2.22. The van der Waals surface area contributed by atoms with Gasteiger partial charge in [0.25, 0.3) is 0 Å². The normalized spacial score (nSPS) is 18.0. The average Bonchev–Trinajstić information content (AvgIpc) is 3.15. The first-order valence-electron chi connectivity index (χ1n) is 6.90. The fourth-order valence-electron chi connectivity index (χ4n) is 2.46. The Morgan fingerprint density at radius 3 is 2.95 bits per heavy atom. The molecule has 0 aliphatic carbocycles. The van der Waals surface area contributed by atoms with Crippen LogP contribution in [0.4, 0.5) is 5.69 Å². The molecule has 2 heterocycles. The molecule has 8 heteroatoms. The number of hydrogen-bond acceptors (Lipinski definition) is 6. The maximum absolute atomic E-state index is 12.2. The minimum Gasteiger partial charge on any atom is -0.312 e. The van der Waals surface area contributed by atoms with Crippen LogP contribution in [0.25, 0.3) is 5.69 Å². The summed E-state index contributed by atoms with van der Waals surface area (Å²) >= 11 is 1.28. The van der Waals surface area contributed by atoms with Crippen LogP contribution in [0.5, 0.6) is 0 Å². The van der Waals surface area contributed by atoms with E-state index in [1.165, 1.54) is 18.1 Å². The third-order valence-corrected chi connectivity index (χ3v) is 4.53. The van der Waals surface area contributed by atoms with Crippen LogP contribution in [0.3, 0.4) is 0 Å². The number of nitrogens with zero attached hydrogens (tertiary/aromatic N) is 5. The number of benzene rings is 1. The molecule has 1 unspecified atom stereocenters. The molecule has 0 radical (unpaired) electrons. The lowest BCUT2D eigenvalue weighted by molar-refractivity contribution is -0.117. The lowest BCUT2D eigenvalue weighted by Gasteiger charge is -2.17. The summed E-state index contributed by atoms with van der Waals surface area (Å²) in [6, 6.07) is 7.53. The van der Waals surface area contributed by atoms with Gasteiger partial charge in [-0.15, -0.1) is 5.10 Å². The number of anilines is 1. The van der Waals surface area contributed by atoms with E-state index in [0.29, 0.717) is 18.7 Å². The molecule has 1 saturated heterocycles. The molecule has 1 aliphatic heterocycles. The molecule has 0 N–H and O–H groups in total. The van der Waals surface area contributed by atoms with E-state index in [9.17, 15) is 9.59 Å². The van der Waals surface area contributed by atoms with Crippen molar-refractivity contribution in [2.45, 2.75) is 13.3 Å². The van der Waals surface area contributed by atoms with Crippen molar-refractivity contribution in [3.05, 3.63) is 30.6 Å². The SMILES string of the molecule is CC(=O)SCC1CC(=O)N(c2cccc(-n3cnnn3)c2)C1. The van der Waals surface area contributed by atoms with Crippen LogP contribution in [0.2, 0.25) is 0 Å². The van der Waals surface area contributed by atoms with Gasteiger partial charge >= 0.3 is 0 Å². The summed E-state index contributed by atoms with van der Waals surface area (Å²) in [6.07, 6.45) is 1.99. The second-order valence-electron chi connectivity index (χ2n) is 5.15. The highest BCUT2D eigenvalue weighted by Crippen LogP contribution is 2.28. The lowest BCUT2D eigenvalue weighted by atomic mass is 10.1. The van der Waals surface area contributed by atoms with Crippen LogP contribution in [0, 0.1) is 5.92 Å². The van der Waals surface area contributed by atoms with Gasteiger partial charge in [-0.3, -0.25) is 9.59 Å². The standard InChI is InChI=1S/C14H15N5O2S/c1-10(20)22-8-11-5-14(21)18(7-11)12-3-2-4-13(6-12)19-9-15-16-17-19/h2-4,6,9,11H,5,7-8H2,1H3. The summed E-state index contributed by atoms with van der Waals surface area (Å²) in [5.74, 6) is 0.977.